The molecule has 2 atom stereocenters. The zero-order valence-electron chi connectivity index (χ0n) is 11.9. The first-order valence-corrected chi connectivity index (χ1v) is 7.32. The topological polar surface area (TPSA) is 38.3 Å². The molecule has 0 heterocycles. The summed E-state index contributed by atoms with van der Waals surface area (Å²) in [6.45, 7) is 2.43. The monoisotopic (exact) mass is 279 g/mol. The minimum atomic E-state index is -0.394. The van der Waals surface area contributed by atoms with Gasteiger partial charge in [-0.3, -0.25) is 4.79 Å². The van der Waals surface area contributed by atoms with Crippen LogP contribution in [-0.4, -0.2) is 18.6 Å². The second-order valence-electron chi connectivity index (χ2n) is 5.57. The Kier molecular flexibility index (Phi) is 5.39. The van der Waals surface area contributed by atoms with E-state index in [4.69, 9.17) is 4.74 Å². The summed E-state index contributed by atoms with van der Waals surface area (Å²) in [6.07, 6.45) is 4.81. The molecule has 1 N–H and O–H groups in total. The number of carbonyl (C=O) groups excluding carboxylic acids is 1. The van der Waals surface area contributed by atoms with Gasteiger partial charge in [-0.1, -0.05) is 31.9 Å². The Balaban J connectivity index is 1.69. The molecule has 0 aliphatic heterocycles. The van der Waals surface area contributed by atoms with Crippen molar-refractivity contribution >= 4 is 5.91 Å². The number of carbonyl (C=O) groups is 1. The number of halogens is 1. The van der Waals surface area contributed by atoms with E-state index in [1.54, 1.807) is 18.2 Å². The van der Waals surface area contributed by atoms with Crippen molar-refractivity contribution in [2.75, 3.05) is 6.61 Å². The summed E-state index contributed by atoms with van der Waals surface area (Å²) in [5.74, 6) is 0.477. The Labute approximate surface area is 119 Å². The van der Waals surface area contributed by atoms with Crippen molar-refractivity contribution < 1.29 is 13.9 Å². The molecule has 4 heteroatoms. The summed E-state index contributed by atoms with van der Waals surface area (Å²) in [5.41, 5.74) is 0. The molecule has 1 fully saturated rings. The van der Waals surface area contributed by atoms with Crippen molar-refractivity contribution in [3.8, 4) is 5.75 Å². The van der Waals surface area contributed by atoms with Crippen LogP contribution in [0.1, 0.15) is 39.0 Å². The molecule has 0 radical (unpaired) electrons. The molecule has 1 saturated carbocycles. The second kappa shape index (κ2) is 7.27. The summed E-state index contributed by atoms with van der Waals surface area (Å²) in [6, 6.07) is 6.52. The molecule has 0 spiro atoms. The molecule has 0 bridgehead atoms. The Hall–Kier alpha value is -1.58. The lowest BCUT2D eigenvalue weighted by molar-refractivity contribution is -0.122. The molecular formula is C16H22FNO2. The highest BCUT2D eigenvalue weighted by molar-refractivity contribution is 5.76. The van der Waals surface area contributed by atoms with E-state index in [0.29, 0.717) is 12.0 Å². The first kappa shape index (κ1) is 14.8. The van der Waals surface area contributed by atoms with Crippen LogP contribution >= 0.6 is 0 Å². The van der Waals surface area contributed by atoms with Crippen LogP contribution in [-0.2, 0) is 4.79 Å². The molecule has 1 aromatic rings. The van der Waals surface area contributed by atoms with Crippen LogP contribution in [0.4, 0.5) is 4.39 Å². The fraction of sp³-hybridized carbons (Fsp3) is 0.562. The number of para-hydroxylation sites is 1. The molecule has 110 valence electrons. The molecule has 0 saturated heterocycles. The summed E-state index contributed by atoms with van der Waals surface area (Å²) in [4.78, 5) is 11.8. The smallest absolute Gasteiger partial charge is 0.223 e. The number of benzene rings is 1. The quantitative estimate of drug-likeness (QED) is 0.898. The van der Waals surface area contributed by atoms with Crippen molar-refractivity contribution in [3.05, 3.63) is 30.1 Å². The molecule has 1 aliphatic rings. The molecule has 3 nitrogen and oxygen atoms in total. The zero-order chi connectivity index (χ0) is 14.4. The predicted octanol–water partition coefficient (Wildman–Crippen LogP) is 3.29. The minimum absolute atomic E-state index is 0.0135. The molecule has 1 aromatic carbocycles. The fourth-order valence-electron chi connectivity index (χ4n) is 2.68. The average molecular weight is 279 g/mol. The van der Waals surface area contributed by atoms with Crippen LogP contribution < -0.4 is 10.1 Å². The number of rotatable bonds is 5. The van der Waals surface area contributed by atoms with Gasteiger partial charge in [-0.2, -0.15) is 0 Å². The maximum absolute atomic E-state index is 13.3. The maximum Gasteiger partial charge on any atom is 0.223 e. The lowest BCUT2D eigenvalue weighted by Crippen LogP contribution is -2.38. The van der Waals surface area contributed by atoms with Gasteiger partial charge in [0.15, 0.2) is 11.6 Å². The van der Waals surface area contributed by atoms with E-state index in [2.05, 4.69) is 12.2 Å². The lowest BCUT2D eigenvalue weighted by Gasteiger charge is -2.27. The second-order valence-corrected chi connectivity index (χ2v) is 5.57. The van der Waals surface area contributed by atoms with Crippen molar-refractivity contribution in [3.63, 3.8) is 0 Å². The molecule has 2 rings (SSSR count). The summed E-state index contributed by atoms with van der Waals surface area (Å²) in [7, 11) is 0. The van der Waals surface area contributed by atoms with Gasteiger partial charge in [0.1, 0.15) is 0 Å². The Morgan fingerprint density at radius 2 is 2.20 bits per heavy atom. The van der Waals surface area contributed by atoms with E-state index in [9.17, 15) is 9.18 Å². The number of hydrogen-bond acceptors (Lipinski definition) is 2. The van der Waals surface area contributed by atoms with Gasteiger partial charge in [-0.15, -0.1) is 0 Å². The van der Waals surface area contributed by atoms with Gasteiger partial charge in [-0.05, 0) is 30.9 Å². The van der Waals surface area contributed by atoms with Crippen LogP contribution in [0, 0.1) is 11.7 Å². The first-order chi connectivity index (χ1) is 9.65. The van der Waals surface area contributed by atoms with E-state index >= 15 is 0 Å². The van der Waals surface area contributed by atoms with Gasteiger partial charge in [0.25, 0.3) is 0 Å². The van der Waals surface area contributed by atoms with Gasteiger partial charge in [0, 0.05) is 6.04 Å². The summed E-state index contributed by atoms with van der Waals surface area (Å²) >= 11 is 0. The van der Waals surface area contributed by atoms with E-state index < -0.39 is 5.82 Å². The van der Waals surface area contributed by atoms with Gasteiger partial charge >= 0.3 is 0 Å². The number of nitrogens with one attached hydrogen (secondary N) is 1. The minimum Gasteiger partial charge on any atom is -0.490 e. The average Bonchev–Trinajstić information content (AvgIpc) is 2.41. The van der Waals surface area contributed by atoms with Crippen LogP contribution in [0.2, 0.25) is 0 Å². The molecule has 20 heavy (non-hydrogen) atoms. The molecule has 2 unspecified atom stereocenters. The van der Waals surface area contributed by atoms with Crippen LogP contribution in [0.3, 0.4) is 0 Å². The van der Waals surface area contributed by atoms with Crippen LogP contribution in [0.5, 0.6) is 5.75 Å². The Morgan fingerprint density at radius 3 is 2.95 bits per heavy atom. The van der Waals surface area contributed by atoms with Crippen LogP contribution in [0.15, 0.2) is 24.3 Å². The van der Waals surface area contributed by atoms with Crippen LogP contribution in [0.25, 0.3) is 0 Å². The molecular weight excluding hydrogens is 257 g/mol. The van der Waals surface area contributed by atoms with Crippen molar-refractivity contribution in [1.82, 2.24) is 5.32 Å². The number of hydrogen-bond donors (Lipinski definition) is 1. The fourth-order valence-corrected chi connectivity index (χ4v) is 2.68. The van der Waals surface area contributed by atoms with Crippen molar-refractivity contribution in [2.45, 2.75) is 45.1 Å². The summed E-state index contributed by atoms with van der Waals surface area (Å²) < 4.78 is 18.6. The highest BCUT2D eigenvalue weighted by Gasteiger charge is 2.20. The number of ether oxygens (including phenoxy) is 1. The van der Waals surface area contributed by atoms with E-state index in [1.807, 2.05) is 0 Å². The molecule has 0 aromatic heterocycles. The number of amides is 1. The highest BCUT2D eigenvalue weighted by atomic mass is 19.1. The van der Waals surface area contributed by atoms with Crippen molar-refractivity contribution in [1.29, 1.82) is 0 Å². The SMILES string of the molecule is CC1CCCC(NC(=O)CCOc2ccccc2F)C1. The lowest BCUT2D eigenvalue weighted by atomic mass is 9.87. The van der Waals surface area contributed by atoms with E-state index in [1.165, 1.54) is 18.9 Å². The Bertz CT molecular complexity index is 450. The van der Waals surface area contributed by atoms with Gasteiger partial charge in [0.05, 0.1) is 13.0 Å². The Morgan fingerprint density at radius 1 is 1.40 bits per heavy atom. The highest BCUT2D eigenvalue weighted by Crippen LogP contribution is 2.23. The van der Waals surface area contributed by atoms with Gasteiger partial charge in [-0.25, -0.2) is 4.39 Å². The van der Waals surface area contributed by atoms with E-state index in [0.717, 1.165) is 12.8 Å². The van der Waals surface area contributed by atoms with Gasteiger partial charge < -0.3 is 10.1 Å². The molecule has 1 amide bonds. The standard InChI is InChI=1S/C16H22FNO2/c1-12-5-4-6-13(11-12)18-16(19)9-10-20-15-8-3-2-7-14(15)17/h2-3,7-8,12-13H,4-6,9-11H2,1H3,(H,18,19). The predicted molar refractivity (Wildman–Crippen MR) is 76.1 cm³/mol. The summed E-state index contributed by atoms with van der Waals surface area (Å²) in [5, 5.41) is 3.04. The third-order valence-corrected chi connectivity index (χ3v) is 3.72. The zero-order valence-corrected chi connectivity index (χ0v) is 11.9. The maximum atomic E-state index is 13.3. The third kappa shape index (κ3) is 4.51. The van der Waals surface area contributed by atoms with Gasteiger partial charge in [0.2, 0.25) is 5.91 Å². The first-order valence-electron chi connectivity index (χ1n) is 7.32. The van der Waals surface area contributed by atoms with Crippen molar-refractivity contribution in [2.24, 2.45) is 5.92 Å². The van der Waals surface area contributed by atoms with E-state index in [-0.39, 0.29) is 24.7 Å². The third-order valence-electron chi connectivity index (χ3n) is 3.72. The molecule has 1 aliphatic carbocycles. The largest absolute Gasteiger partial charge is 0.490 e. The normalized spacial score (nSPS) is 22.3.